The molecule has 0 aliphatic carbocycles. The highest BCUT2D eigenvalue weighted by Gasteiger charge is 2.11. The fraction of sp³-hybridized carbons (Fsp3) is 0.467. The van der Waals surface area contributed by atoms with Gasteiger partial charge in [0.2, 0.25) is 0 Å². The van der Waals surface area contributed by atoms with Crippen LogP contribution in [0.2, 0.25) is 0 Å². The zero-order valence-electron chi connectivity index (χ0n) is 12.0. The van der Waals surface area contributed by atoms with Gasteiger partial charge in [0.05, 0.1) is 4.88 Å². The Hall–Kier alpha value is -1.42. The molecule has 3 nitrogen and oxygen atoms in total. The molecule has 0 aromatic carbocycles. The second-order valence-electron chi connectivity index (χ2n) is 5.13. The third-order valence-corrected chi connectivity index (χ3v) is 3.83. The molecule has 0 unspecified atom stereocenters. The lowest BCUT2D eigenvalue weighted by Crippen LogP contribution is -2.05. The monoisotopic (exact) mass is 275 g/mol. The van der Waals surface area contributed by atoms with Crippen molar-refractivity contribution in [3.8, 4) is 10.7 Å². The van der Waals surface area contributed by atoms with Crippen molar-refractivity contribution in [2.24, 2.45) is 5.92 Å². The van der Waals surface area contributed by atoms with E-state index in [2.05, 4.69) is 55.5 Å². The Morgan fingerprint density at radius 1 is 1.32 bits per heavy atom. The molecule has 0 atom stereocenters. The Morgan fingerprint density at radius 3 is 2.68 bits per heavy atom. The van der Waals surface area contributed by atoms with Crippen molar-refractivity contribution in [3.05, 3.63) is 28.8 Å². The number of anilines is 1. The first-order chi connectivity index (χ1) is 9.10. The Balaban J connectivity index is 2.42. The van der Waals surface area contributed by atoms with Crippen molar-refractivity contribution in [3.63, 3.8) is 0 Å². The van der Waals surface area contributed by atoms with Crippen molar-refractivity contribution in [2.45, 2.75) is 34.1 Å². The van der Waals surface area contributed by atoms with E-state index >= 15 is 0 Å². The Kier molecular flexibility index (Phi) is 4.53. The van der Waals surface area contributed by atoms with Crippen LogP contribution in [0.4, 0.5) is 5.82 Å². The van der Waals surface area contributed by atoms with Crippen LogP contribution in [0.25, 0.3) is 10.7 Å². The molecule has 4 heteroatoms. The molecule has 19 heavy (non-hydrogen) atoms. The molecule has 0 saturated carbocycles. The van der Waals surface area contributed by atoms with Gasteiger partial charge < -0.3 is 5.32 Å². The van der Waals surface area contributed by atoms with E-state index in [0.717, 1.165) is 30.3 Å². The maximum atomic E-state index is 4.72. The molecule has 0 aliphatic rings. The lowest BCUT2D eigenvalue weighted by atomic mass is 10.1. The molecule has 0 fully saturated rings. The van der Waals surface area contributed by atoms with Gasteiger partial charge in [0.1, 0.15) is 5.82 Å². The number of aromatic nitrogens is 2. The first kappa shape index (κ1) is 14.0. The molecule has 0 radical (unpaired) electrons. The summed E-state index contributed by atoms with van der Waals surface area (Å²) in [7, 11) is 0. The third-order valence-electron chi connectivity index (χ3n) is 2.82. The quantitative estimate of drug-likeness (QED) is 0.891. The van der Waals surface area contributed by atoms with Gasteiger partial charge in [-0.1, -0.05) is 13.8 Å². The van der Waals surface area contributed by atoms with E-state index < -0.39 is 0 Å². The summed E-state index contributed by atoms with van der Waals surface area (Å²) in [4.78, 5) is 10.5. The number of rotatable bonds is 5. The van der Waals surface area contributed by atoms with Crippen LogP contribution in [0.3, 0.4) is 0 Å². The third kappa shape index (κ3) is 3.53. The molecule has 102 valence electrons. The van der Waals surface area contributed by atoms with E-state index in [0.29, 0.717) is 5.92 Å². The zero-order chi connectivity index (χ0) is 13.8. The van der Waals surface area contributed by atoms with E-state index in [4.69, 9.17) is 4.98 Å². The molecule has 0 amide bonds. The highest BCUT2D eigenvalue weighted by Crippen LogP contribution is 2.27. The summed E-state index contributed by atoms with van der Waals surface area (Å²) >= 11 is 1.70. The SMILES string of the molecule is CCNc1cc(CC(C)C)nc(-c2sccc2C)n1. The van der Waals surface area contributed by atoms with Crippen LogP contribution in [0, 0.1) is 12.8 Å². The predicted molar refractivity (Wildman–Crippen MR) is 82.8 cm³/mol. The van der Waals surface area contributed by atoms with Crippen LogP contribution in [0.1, 0.15) is 32.0 Å². The molecule has 2 heterocycles. The van der Waals surface area contributed by atoms with Gasteiger partial charge in [-0.2, -0.15) is 0 Å². The number of thiophene rings is 1. The highest BCUT2D eigenvalue weighted by molar-refractivity contribution is 7.13. The first-order valence-electron chi connectivity index (χ1n) is 6.76. The Labute approximate surface area is 119 Å². The molecular weight excluding hydrogens is 254 g/mol. The summed E-state index contributed by atoms with van der Waals surface area (Å²) in [5.74, 6) is 2.37. The zero-order valence-corrected chi connectivity index (χ0v) is 12.8. The van der Waals surface area contributed by atoms with Gasteiger partial charge in [0, 0.05) is 18.3 Å². The van der Waals surface area contributed by atoms with Gasteiger partial charge in [-0.25, -0.2) is 9.97 Å². The van der Waals surface area contributed by atoms with Crippen LogP contribution in [-0.4, -0.2) is 16.5 Å². The number of nitrogens with zero attached hydrogens (tertiary/aromatic N) is 2. The summed E-state index contributed by atoms with van der Waals surface area (Å²) in [6, 6.07) is 4.18. The molecule has 0 spiro atoms. The number of nitrogens with one attached hydrogen (secondary N) is 1. The number of hydrogen-bond acceptors (Lipinski definition) is 4. The van der Waals surface area contributed by atoms with Gasteiger partial charge in [-0.05, 0) is 43.2 Å². The Bertz CT molecular complexity index is 546. The fourth-order valence-electron chi connectivity index (χ4n) is 2.00. The summed E-state index contributed by atoms with van der Waals surface area (Å²) in [6.45, 7) is 9.49. The molecular formula is C15H21N3S. The molecule has 2 aromatic heterocycles. The van der Waals surface area contributed by atoms with Gasteiger partial charge >= 0.3 is 0 Å². The predicted octanol–water partition coefficient (Wildman–Crippen LogP) is 4.14. The van der Waals surface area contributed by atoms with Gasteiger partial charge in [-0.3, -0.25) is 0 Å². The van der Waals surface area contributed by atoms with Gasteiger partial charge in [0.15, 0.2) is 5.82 Å². The summed E-state index contributed by atoms with van der Waals surface area (Å²) in [6.07, 6.45) is 0.984. The van der Waals surface area contributed by atoms with Crippen LogP contribution in [-0.2, 0) is 6.42 Å². The molecule has 1 N–H and O–H groups in total. The van der Waals surface area contributed by atoms with Crippen molar-refractivity contribution in [1.29, 1.82) is 0 Å². The van der Waals surface area contributed by atoms with Crippen molar-refractivity contribution in [1.82, 2.24) is 9.97 Å². The summed E-state index contributed by atoms with van der Waals surface area (Å²) in [5.41, 5.74) is 2.36. The normalized spacial score (nSPS) is 11.0. The largest absolute Gasteiger partial charge is 0.370 e. The van der Waals surface area contributed by atoms with Crippen molar-refractivity contribution < 1.29 is 0 Å². The summed E-state index contributed by atoms with van der Waals surface area (Å²) in [5, 5.41) is 5.39. The van der Waals surface area contributed by atoms with E-state index in [9.17, 15) is 0 Å². The molecule has 2 aromatic rings. The maximum absolute atomic E-state index is 4.72. The second kappa shape index (κ2) is 6.15. The smallest absolute Gasteiger partial charge is 0.172 e. The van der Waals surface area contributed by atoms with Crippen molar-refractivity contribution in [2.75, 3.05) is 11.9 Å². The second-order valence-corrected chi connectivity index (χ2v) is 6.05. The van der Waals surface area contributed by atoms with Crippen LogP contribution in [0.5, 0.6) is 0 Å². The number of aryl methyl sites for hydroxylation is 1. The molecule has 0 saturated heterocycles. The average Bonchev–Trinajstić information content (AvgIpc) is 2.74. The number of hydrogen-bond donors (Lipinski definition) is 1. The van der Waals surface area contributed by atoms with E-state index in [-0.39, 0.29) is 0 Å². The van der Waals surface area contributed by atoms with Crippen LogP contribution in [0.15, 0.2) is 17.5 Å². The topological polar surface area (TPSA) is 37.8 Å². The summed E-state index contributed by atoms with van der Waals surface area (Å²) < 4.78 is 0. The van der Waals surface area contributed by atoms with E-state index in [1.807, 2.05) is 0 Å². The standard InChI is InChI=1S/C15H21N3S/c1-5-16-13-9-12(8-10(2)3)17-15(18-13)14-11(4)6-7-19-14/h6-7,9-10H,5,8H2,1-4H3,(H,16,17,18). The Morgan fingerprint density at radius 2 is 2.11 bits per heavy atom. The minimum Gasteiger partial charge on any atom is -0.370 e. The first-order valence-corrected chi connectivity index (χ1v) is 7.64. The van der Waals surface area contributed by atoms with Crippen LogP contribution < -0.4 is 5.32 Å². The lowest BCUT2D eigenvalue weighted by Gasteiger charge is -2.10. The highest BCUT2D eigenvalue weighted by atomic mass is 32.1. The van der Waals surface area contributed by atoms with Gasteiger partial charge in [0.25, 0.3) is 0 Å². The van der Waals surface area contributed by atoms with Crippen LogP contribution >= 0.6 is 11.3 Å². The average molecular weight is 275 g/mol. The van der Waals surface area contributed by atoms with E-state index in [1.165, 1.54) is 10.4 Å². The maximum Gasteiger partial charge on any atom is 0.172 e. The minimum atomic E-state index is 0.599. The van der Waals surface area contributed by atoms with Gasteiger partial charge in [-0.15, -0.1) is 11.3 Å². The van der Waals surface area contributed by atoms with E-state index in [1.54, 1.807) is 11.3 Å². The molecule has 0 bridgehead atoms. The minimum absolute atomic E-state index is 0.599. The molecule has 0 aliphatic heterocycles. The molecule has 2 rings (SSSR count). The fourth-order valence-corrected chi connectivity index (χ4v) is 2.85. The van der Waals surface area contributed by atoms with Crippen molar-refractivity contribution >= 4 is 17.2 Å². The lowest BCUT2D eigenvalue weighted by molar-refractivity contribution is 0.635.